The van der Waals surface area contributed by atoms with Gasteiger partial charge in [-0.25, -0.2) is 4.68 Å². The monoisotopic (exact) mass is 325 g/mol. The van der Waals surface area contributed by atoms with Gasteiger partial charge in [0.15, 0.2) is 0 Å². The predicted molar refractivity (Wildman–Crippen MR) is 78.0 cm³/mol. The van der Waals surface area contributed by atoms with E-state index >= 15 is 0 Å². The van der Waals surface area contributed by atoms with Gasteiger partial charge in [-0.1, -0.05) is 6.07 Å². The quantitative estimate of drug-likeness (QED) is 0.943. The van der Waals surface area contributed by atoms with Gasteiger partial charge in [0.2, 0.25) is 5.91 Å². The molecule has 0 saturated carbocycles. The molecule has 0 radical (unpaired) electrons. The first kappa shape index (κ1) is 16.7. The number of halogens is 3. The second-order valence-electron chi connectivity index (χ2n) is 5.05. The van der Waals surface area contributed by atoms with Crippen LogP contribution >= 0.6 is 0 Å². The third-order valence-corrected chi connectivity index (χ3v) is 3.12. The summed E-state index contributed by atoms with van der Waals surface area (Å²) in [5.41, 5.74) is -0.667. The van der Waals surface area contributed by atoms with Crippen LogP contribution in [0.4, 0.5) is 18.9 Å². The average molecular weight is 325 g/mol. The van der Waals surface area contributed by atoms with E-state index in [1.165, 1.54) is 31.2 Å². The van der Waals surface area contributed by atoms with Gasteiger partial charge in [0.1, 0.15) is 6.54 Å². The van der Waals surface area contributed by atoms with Crippen LogP contribution < -0.4 is 10.9 Å². The summed E-state index contributed by atoms with van der Waals surface area (Å²) in [5.74, 6) is -0.637. The standard InChI is InChI=1S/C15H14F3N3O2/c1-9-3-5-11(7-12(9)15(16,17)18)19-13(22)8-21-14(23)6-4-10(2)20-21/h3-7H,8H2,1-2H3,(H,19,22). The molecule has 2 rings (SSSR count). The summed E-state index contributed by atoms with van der Waals surface area (Å²) in [7, 11) is 0. The molecule has 0 atom stereocenters. The van der Waals surface area contributed by atoms with Crippen LogP contribution in [0.5, 0.6) is 0 Å². The van der Waals surface area contributed by atoms with Crippen molar-refractivity contribution in [3.8, 4) is 0 Å². The lowest BCUT2D eigenvalue weighted by Crippen LogP contribution is -2.29. The molecule has 8 heteroatoms. The fraction of sp³-hybridized carbons (Fsp3) is 0.267. The third kappa shape index (κ3) is 4.18. The molecule has 0 aliphatic carbocycles. The second-order valence-corrected chi connectivity index (χ2v) is 5.05. The first-order valence-electron chi connectivity index (χ1n) is 6.69. The maximum absolute atomic E-state index is 12.8. The average Bonchev–Trinajstić information content (AvgIpc) is 2.44. The number of anilines is 1. The van der Waals surface area contributed by atoms with Gasteiger partial charge in [-0.3, -0.25) is 9.59 Å². The lowest BCUT2D eigenvalue weighted by molar-refractivity contribution is -0.138. The van der Waals surface area contributed by atoms with E-state index in [-0.39, 0.29) is 17.8 Å². The highest BCUT2D eigenvalue weighted by atomic mass is 19.4. The molecule has 1 amide bonds. The van der Waals surface area contributed by atoms with Gasteiger partial charge in [-0.2, -0.15) is 18.3 Å². The largest absolute Gasteiger partial charge is 0.416 e. The topological polar surface area (TPSA) is 64.0 Å². The summed E-state index contributed by atoms with van der Waals surface area (Å²) >= 11 is 0. The van der Waals surface area contributed by atoms with Gasteiger partial charge >= 0.3 is 6.18 Å². The van der Waals surface area contributed by atoms with Gasteiger partial charge in [-0.05, 0) is 37.6 Å². The molecule has 0 fully saturated rings. The van der Waals surface area contributed by atoms with Crippen LogP contribution in [-0.2, 0) is 17.5 Å². The molecule has 2 aromatic rings. The van der Waals surface area contributed by atoms with Gasteiger partial charge in [0.25, 0.3) is 5.56 Å². The van der Waals surface area contributed by atoms with Gasteiger partial charge in [-0.15, -0.1) is 0 Å². The molecule has 0 bridgehead atoms. The number of nitrogens with one attached hydrogen (secondary N) is 1. The number of amides is 1. The van der Waals surface area contributed by atoms with Crippen molar-refractivity contribution >= 4 is 11.6 Å². The van der Waals surface area contributed by atoms with E-state index in [0.717, 1.165) is 10.7 Å². The molecule has 1 N–H and O–H groups in total. The van der Waals surface area contributed by atoms with Crippen molar-refractivity contribution in [2.45, 2.75) is 26.6 Å². The van der Waals surface area contributed by atoms with Crippen molar-refractivity contribution in [2.75, 3.05) is 5.32 Å². The van der Waals surface area contributed by atoms with E-state index in [1.54, 1.807) is 6.92 Å². The highest BCUT2D eigenvalue weighted by Gasteiger charge is 2.32. The van der Waals surface area contributed by atoms with Gasteiger partial charge < -0.3 is 5.32 Å². The molecule has 122 valence electrons. The Labute approximate surface area is 129 Å². The fourth-order valence-corrected chi connectivity index (χ4v) is 2.01. The van der Waals surface area contributed by atoms with E-state index in [9.17, 15) is 22.8 Å². The summed E-state index contributed by atoms with van der Waals surface area (Å²) in [6.45, 7) is 2.61. The molecule has 0 saturated heterocycles. The number of carbonyl (C=O) groups is 1. The molecule has 1 aromatic carbocycles. The Kier molecular flexibility index (Phi) is 4.53. The lowest BCUT2D eigenvalue weighted by Gasteiger charge is -2.13. The molecule has 0 aliphatic heterocycles. The number of aryl methyl sites for hydroxylation is 2. The van der Waals surface area contributed by atoms with Crippen LogP contribution in [-0.4, -0.2) is 15.7 Å². The van der Waals surface area contributed by atoms with Crippen molar-refractivity contribution in [1.29, 1.82) is 0 Å². The minimum atomic E-state index is -4.50. The third-order valence-electron chi connectivity index (χ3n) is 3.12. The van der Waals surface area contributed by atoms with Gasteiger partial charge in [0, 0.05) is 11.8 Å². The second kappa shape index (κ2) is 6.23. The molecule has 23 heavy (non-hydrogen) atoms. The smallest absolute Gasteiger partial charge is 0.324 e. The molecule has 0 unspecified atom stereocenters. The molecule has 1 heterocycles. The summed E-state index contributed by atoms with van der Waals surface area (Å²) in [4.78, 5) is 23.5. The molecule has 1 aromatic heterocycles. The number of hydrogen-bond acceptors (Lipinski definition) is 3. The van der Waals surface area contributed by atoms with E-state index < -0.39 is 23.2 Å². The highest BCUT2D eigenvalue weighted by molar-refractivity contribution is 5.90. The first-order valence-corrected chi connectivity index (χ1v) is 6.69. The van der Waals surface area contributed by atoms with Crippen molar-refractivity contribution in [2.24, 2.45) is 0 Å². The predicted octanol–water partition coefficient (Wildman–Crippen LogP) is 2.52. The number of alkyl halides is 3. The number of carbonyl (C=O) groups excluding carboxylic acids is 1. The molecule has 0 aliphatic rings. The molecule has 0 spiro atoms. The van der Waals surface area contributed by atoms with E-state index in [0.29, 0.717) is 5.69 Å². The minimum absolute atomic E-state index is 0.00799. The Bertz CT molecular complexity index is 797. The highest BCUT2D eigenvalue weighted by Crippen LogP contribution is 2.33. The number of hydrogen-bond donors (Lipinski definition) is 1. The maximum Gasteiger partial charge on any atom is 0.416 e. The number of nitrogens with zero attached hydrogens (tertiary/aromatic N) is 2. The Morgan fingerprint density at radius 1 is 1.22 bits per heavy atom. The van der Waals surface area contributed by atoms with Crippen LogP contribution in [0.3, 0.4) is 0 Å². The maximum atomic E-state index is 12.8. The van der Waals surface area contributed by atoms with Gasteiger partial charge in [0.05, 0.1) is 11.3 Å². The Hall–Kier alpha value is -2.64. The van der Waals surface area contributed by atoms with Crippen LogP contribution in [0.2, 0.25) is 0 Å². The van der Waals surface area contributed by atoms with Crippen molar-refractivity contribution in [3.63, 3.8) is 0 Å². The van der Waals surface area contributed by atoms with Crippen molar-refractivity contribution in [3.05, 3.63) is 57.5 Å². The van der Waals surface area contributed by atoms with E-state index in [2.05, 4.69) is 10.4 Å². The minimum Gasteiger partial charge on any atom is -0.324 e. The van der Waals surface area contributed by atoms with Crippen molar-refractivity contribution < 1.29 is 18.0 Å². The lowest BCUT2D eigenvalue weighted by atomic mass is 10.1. The van der Waals surface area contributed by atoms with Crippen LogP contribution in [0.15, 0.2) is 35.1 Å². The summed E-state index contributed by atoms with van der Waals surface area (Å²) in [6.07, 6.45) is -4.50. The Morgan fingerprint density at radius 2 is 1.91 bits per heavy atom. The normalized spacial score (nSPS) is 11.3. The van der Waals surface area contributed by atoms with Crippen LogP contribution in [0, 0.1) is 13.8 Å². The first-order chi connectivity index (χ1) is 10.7. The van der Waals surface area contributed by atoms with Crippen LogP contribution in [0.1, 0.15) is 16.8 Å². The summed E-state index contributed by atoms with van der Waals surface area (Å²) < 4.78 is 39.5. The summed E-state index contributed by atoms with van der Waals surface area (Å²) in [6, 6.07) is 6.28. The summed E-state index contributed by atoms with van der Waals surface area (Å²) in [5, 5.41) is 6.23. The number of benzene rings is 1. The van der Waals surface area contributed by atoms with Crippen molar-refractivity contribution in [1.82, 2.24) is 9.78 Å². The number of rotatable bonds is 3. The zero-order valence-corrected chi connectivity index (χ0v) is 12.4. The number of aromatic nitrogens is 2. The van der Waals surface area contributed by atoms with E-state index in [4.69, 9.17) is 0 Å². The zero-order valence-electron chi connectivity index (χ0n) is 12.4. The van der Waals surface area contributed by atoms with E-state index in [1.807, 2.05) is 0 Å². The Morgan fingerprint density at radius 3 is 2.57 bits per heavy atom. The molecule has 5 nitrogen and oxygen atoms in total. The Balaban J connectivity index is 2.18. The molecular formula is C15H14F3N3O2. The fourth-order valence-electron chi connectivity index (χ4n) is 2.01. The molecular weight excluding hydrogens is 311 g/mol. The van der Waals surface area contributed by atoms with Crippen LogP contribution in [0.25, 0.3) is 0 Å². The zero-order chi connectivity index (χ0) is 17.2. The SMILES string of the molecule is Cc1ccc(=O)n(CC(=O)Nc2ccc(C)c(C(F)(F)F)c2)n1.